The van der Waals surface area contributed by atoms with Crippen molar-refractivity contribution in [2.45, 2.75) is 38.1 Å². The lowest BCUT2D eigenvalue weighted by Crippen LogP contribution is -2.32. The van der Waals surface area contributed by atoms with Crippen LogP contribution in [0.1, 0.15) is 35.7 Å². The van der Waals surface area contributed by atoms with Crippen LogP contribution in [0.15, 0.2) is 30.4 Å². The summed E-state index contributed by atoms with van der Waals surface area (Å²) in [5, 5.41) is 30.0. The zero-order chi connectivity index (χ0) is 19.3. The number of carbonyl (C=O) groups is 2. The first-order valence-electron chi connectivity index (χ1n) is 8.18. The van der Waals surface area contributed by atoms with Crippen molar-refractivity contribution in [2.24, 2.45) is 0 Å². The molecule has 3 N–H and O–H groups in total. The smallest absolute Gasteiger partial charge is 0.342 e. The third kappa shape index (κ3) is 4.71. The molecule has 0 saturated carbocycles. The number of phenolic OH excluding ortho intramolecular Hbond substituents is 1. The highest BCUT2D eigenvalue weighted by atomic mass is 16.5. The standard InChI is InChI=1S/C19H22O7/c1-11-5-3-7-14(20)18(23)15(21)8-4-6-12-9-13(25-2)10-16(22)17(12)19(24)26-11/h3-4,6-7,9-11,15,18,21-23H,5,8H2,1-2H3/b6-4+,7-3+/t11-,15+,18+/m0/s1. The van der Waals surface area contributed by atoms with Crippen LogP contribution in [0.5, 0.6) is 11.5 Å². The van der Waals surface area contributed by atoms with Crippen molar-refractivity contribution in [3.05, 3.63) is 41.5 Å². The molecule has 1 aromatic rings. The lowest BCUT2D eigenvalue weighted by molar-refractivity contribution is -0.127. The number of esters is 1. The van der Waals surface area contributed by atoms with E-state index in [0.717, 1.165) is 6.08 Å². The summed E-state index contributed by atoms with van der Waals surface area (Å²) in [5.74, 6) is -1.29. The Hall–Kier alpha value is -2.64. The van der Waals surface area contributed by atoms with Crippen molar-refractivity contribution in [3.63, 3.8) is 0 Å². The highest BCUT2D eigenvalue weighted by Crippen LogP contribution is 2.30. The van der Waals surface area contributed by atoms with E-state index in [9.17, 15) is 24.9 Å². The minimum absolute atomic E-state index is 0.0242. The second-order valence-corrected chi connectivity index (χ2v) is 6.02. The van der Waals surface area contributed by atoms with Crippen molar-refractivity contribution in [2.75, 3.05) is 7.11 Å². The van der Waals surface area contributed by atoms with Crippen LogP contribution in [-0.2, 0) is 9.53 Å². The number of aliphatic hydroxyl groups is 2. The normalized spacial score (nSPS) is 27.0. The van der Waals surface area contributed by atoms with Crippen molar-refractivity contribution in [1.82, 2.24) is 0 Å². The fraction of sp³-hybridized carbons (Fsp3) is 0.368. The third-order valence-corrected chi connectivity index (χ3v) is 3.95. The Kier molecular flexibility index (Phi) is 6.54. The number of cyclic esters (lactones) is 1. The average molecular weight is 362 g/mol. The van der Waals surface area contributed by atoms with Crippen LogP contribution < -0.4 is 4.74 Å². The van der Waals surface area contributed by atoms with E-state index in [1.807, 2.05) is 0 Å². The zero-order valence-corrected chi connectivity index (χ0v) is 14.6. The van der Waals surface area contributed by atoms with Crippen LogP contribution in [0.3, 0.4) is 0 Å². The topological polar surface area (TPSA) is 113 Å². The molecular weight excluding hydrogens is 340 g/mol. The van der Waals surface area contributed by atoms with Crippen LogP contribution in [0, 0.1) is 0 Å². The van der Waals surface area contributed by atoms with E-state index in [1.165, 1.54) is 37.5 Å². The van der Waals surface area contributed by atoms with Crippen molar-refractivity contribution in [3.8, 4) is 11.5 Å². The van der Waals surface area contributed by atoms with Gasteiger partial charge in [0.05, 0.1) is 13.2 Å². The lowest BCUT2D eigenvalue weighted by Gasteiger charge is -2.16. The highest BCUT2D eigenvalue weighted by Gasteiger charge is 2.23. The Bertz CT molecular complexity index is 736. The largest absolute Gasteiger partial charge is 0.507 e. The van der Waals surface area contributed by atoms with Crippen molar-refractivity contribution in [1.29, 1.82) is 0 Å². The summed E-state index contributed by atoms with van der Waals surface area (Å²) in [4.78, 5) is 24.3. The predicted molar refractivity (Wildman–Crippen MR) is 94.0 cm³/mol. The molecule has 2 rings (SSSR count). The molecule has 0 radical (unpaired) electrons. The van der Waals surface area contributed by atoms with E-state index in [1.54, 1.807) is 6.92 Å². The van der Waals surface area contributed by atoms with Crippen LogP contribution in [0.4, 0.5) is 0 Å². The van der Waals surface area contributed by atoms with Crippen LogP contribution >= 0.6 is 0 Å². The first kappa shape index (κ1) is 19.7. The maximum absolute atomic E-state index is 12.4. The maximum atomic E-state index is 12.4. The van der Waals surface area contributed by atoms with Gasteiger partial charge in [-0.05, 0) is 31.1 Å². The summed E-state index contributed by atoms with van der Waals surface area (Å²) in [6, 6.07) is 2.84. The molecule has 1 aromatic carbocycles. The molecule has 0 fully saturated rings. The van der Waals surface area contributed by atoms with Gasteiger partial charge < -0.3 is 24.8 Å². The molecular formula is C19H22O7. The lowest BCUT2D eigenvalue weighted by atomic mass is 10.0. The van der Waals surface area contributed by atoms with Gasteiger partial charge in [-0.15, -0.1) is 0 Å². The van der Waals surface area contributed by atoms with E-state index in [-0.39, 0.29) is 24.2 Å². The van der Waals surface area contributed by atoms with Crippen LogP contribution in [-0.4, -0.2) is 52.5 Å². The van der Waals surface area contributed by atoms with Gasteiger partial charge in [-0.1, -0.05) is 18.2 Å². The van der Waals surface area contributed by atoms with Crippen molar-refractivity contribution >= 4 is 17.8 Å². The molecule has 140 valence electrons. The summed E-state index contributed by atoms with van der Waals surface area (Å²) in [6.07, 6.45) is 2.42. The molecule has 7 heteroatoms. The minimum atomic E-state index is -1.55. The summed E-state index contributed by atoms with van der Waals surface area (Å²) in [7, 11) is 1.42. The Labute approximate surface area is 151 Å². The fourth-order valence-corrected chi connectivity index (χ4v) is 2.51. The second-order valence-electron chi connectivity index (χ2n) is 6.02. The van der Waals surface area contributed by atoms with Crippen molar-refractivity contribution < 1.29 is 34.4 Å². The minimum Gasteiger partial charge on any atom is -0.507 e. The SMILES string of the molecule is COc1cc(O)c2c(c1)/C=C/C[C@@H](O)[C@H](O)C(=O)/C=C/C[C@H](C)OC2=O. The molecule has 0 aliphatic carbocycles. The number of aromatic hydroxyl groups is 1. The average Bonchev–Trinajstić information content (AvgIpc) is 2.59. The summed E-state index contributed by atoms with van der Waals surface area (Å²) in [6.45, 7) is 1.64. The molecule has 0 bridgehead atoms. The first-order valence-corrected chi connectivity index (χ1v) is 8.18. The van der Waals surface area contributed by atoms with Gasteiger partial charge in [-0.2, -0.15) is 0 Å². The first-order chi connectivity index (χ1) is 12.3. The molecule has 1 aliphatic rings. The van der Waals surface area contributed by atoms with Gasteiger partial charge in [0.15, 0.2) is 5.78 Å². The number of benzene rings is 1. The quantitative estimate of drug-likeness (QED) is 0.650. The number of methoxy groups -OCH3 is 1. The van der Waals surface area contributed by atoms with E-state index >= 15 is 0 Å². The number of hydrogen-bond acceptors (Lipinski definition) is 7. The van der Waals surface area contributed by atoms with Gasteiger partial charge in [0.1, 0.15) is 29.3 Å². The molecule has 3 atom stereocenters. The summed E-state index contributed by atoms with van der Waals surface area (Å²) >= 11 is 0. The third-order valence-electron chi connectivity index (χ3n) is 3.95. The number of carbonyl (C=O) groups excluding carboxylic acids is 2. The molecule has 1 aliphatic heterocycles. The number of ketones is 1. The van der Waals surface area contributed by atoms with Gasteiger partial charge in [0, 0.05) is 12.5 Å². The van der Waals surface area contributed by atoms with Gasteiger partial charge >= 0.3 is 5.97 Å². The molecule has 26 heavy (non-hydrogen) atoms. The number of fused-ring (bicyclic) bond motifs is 1. The molecule has 0 aromatic heterocycles. The zero-order valence-electron chi connectivity index (χ0n) is 14.6. The number of hydrogen-bond donors (Lipinski definition) is 3. The maximum Gasteiger partial charge on any atom is 0.342 e. The Morgan fingerprint density at radius 1 is 1.12 bits per heavy atom. The molecule has 0 unspecified atom stereocenters. The van der Waals surface area contributed by atoms with E-state index in [2.05, 4.69) is 0 Å². The van der Waals surface area contributed by atoms with Crippen LogP contribution in [0.2, 0.25) is 0 Å². The summed E-state index contributed by atoms with van der Waals surface area (Å²) in [5.41, 5.74) is 0.306. The Morgan fingerprint density at radius 2 is 1.81 bits per heavy atom. The highest BCUT2D eigenvalue weighted by molar-refractivity contribution is 5.97. The molecule has 0 amide bonds. The number of aliphatic hydroxyl groups excluding tert-OH is 2. The monoisotopic (exact) mass is 362 g/mol. The second kappa shape index (κ2) is 8.64. The van der Waals surface area contributed by atoms with Gasteiger partial charge in [-0.25, -0.2) is 4.79 Å². The fourth-order valence-electron chi connectivity index (χ4n) is 2.51. The van der Waals surface area contributed by atoms with E-state index in [0.29, 0.717) is 11.3 Å². The van der Waals surface area contributed by atoms with E-state index in [4.69, 9.17) is 9.47 Å². The predicted octanol–water partition coefficient (Wildman–Crippen LogP) is 1.60. The Morgan fingerprint density at radius 3 is 2.50 bits per heavy atom. The number of rotatable bonds is 1. The van der Waals surface area contributed by atoms with Gasteiger partial charge in [-0.3, -0.25) is 4.79 Å². The number of phenols is 1. The number of ether oxygens (including phenoxy) is 2. The molecule has 0 saturated heterocycles. The van der Waals surface area contributed by atoms with Crippen LogP contribution in [0.25, 0.3) is 6.08 Å². The molecule has 1 heterocycles. The van der Waals surface area contributed by atoms with E-state index < -0.39 is 30.1 Å². The molecule has 7 nitrogen and oxygen atoms in total. The van der Waals surface area contributed by atoms with Gasteiger partial charge in [0.2, 0.25) is 0 Å². The Balaban J connectivity index is 2.45. The molecule has 0 spiro atoms. The van der Waals surface area contributed by atoms with Gasteiger partial charge in [0.25, 0.3) is 0 Å². The summed E-state index contributed by atoms with van der Waals surface area (Å²) < 4.78 is 10.4.